The van der Waals surface area contributed by atoms with Gasteiger partial charge in [0.15, 0.2) is 17.1 Å². The van der Waals surface area contributed by atoms with Gasteiger partial charge in [0.1, 0.15) is 0 Å². The van der Waals surface area contributed by atoms with E-state index in [0.29, 0.717) is 33.8 Å². The van der Waals surface area contributed by atoms with Crippen molar-refractivity contribution in [2.24, 2.45) is 7.05 Å². The fourth-order valence-corrected chi connectivity index (χ4v) is 5.73. The Balaban J connectivity index is 1.88. The van der Waals surface area contributed by atoms with Crippen LogP contribution < -0.4 is 15.2 Å². The lowest BCUT2D eigenvalue weighted by Crippen LogP contribution is -2.14. The molecule has 0 spiro atoms. The molecular formula is C25H24N4O4S. The number of aromatic nitrogens is 3. The summed E-state index contributed by atoms with van der Waals surface area (Å²) >= 11 is 0. The van der Waals surface area contributed by atoms with Crippen LogP contribution in [0.5, 0.6) is 11.5 Å². The molecule has 34 heavy (non-hydrogen) atoms. The van der Waals surface area contributed by atoms with Crippen molar-refractivity contribution < 1.29 is 17.9 Å². The average molecular weight is 477 g/mol. The molecule has 0 atom stereocenters. The van der Waals surface area contributed by atoms with Gasteiger partial charge in [-0.05, 0) is 37.3 Å². The van der Waals surface area contributed by atoms with E-state index in [9.17, 15) is 8.42 Å². The van der Waals surface area contributed by atoms with Crippen molar-refractivity contribution in [2.45, 2.75) is 11.8 Å². The van der Waals surface area contributed by atoms with Crippen LogP contribution in [0.2, 0.25) is 0 Å². The van der Waals surface area contributed by atoms with Crippen molar-refractivity contribution in [3.63, 3.8) is 0 Å². The smallest absolute Gasteiger partial charge is 0.269 e. The SMILES string of the molecule is COc1cc2c(-c3cc4c(N)ccnc4n3S(=O)(=O)c3ccc(C)cc3)cn(C)c2cc1OC. The summed E-state index contributed by atoms with van der Waals surface area (Å²) < 4.78 is 42.0. The highest BCUT2D eigenvalue weighted by molar-refractivity contribution is 7.90. The summed E-state index contributed by atoms with van der Waals surface area (Å²) in [4.78, 5) is 4.56. The maximum absolute atomic E-state index is 13.9. The summed E-state index contributed by atoms with van der Waals surface area (Å²) in [5.74, 6) is 1.13. The van der Waals surface area contributed by atoms with Crippen molar-refractivity contribution in [2.75, 3.05) is 20.0 Å². The first-order valence-electron chi connectivity index (χ1n) is 10.6. The second-order valence-electron chi connectivity index (χ2n) is 8.13. The predicted molar refractivity (Wildman–Crippen MR) is 133 cm³/mol. The molecule has 2 N–H and O–H groups in total. The second kappa shape index (κ2) is 7.81. The molecule has 0 fully saturated rings. The first-order chi connectivity index (χ1) is 16.3. The third kappa shape index (κ3) is 3.19. The van der Waals surface area contributed by atoms with E-state index in [1.807, 2.05) is 36.9 Å². The molecule has 0 radical (unpaired) electrons. The highest BCUT2D eigenvalue weighted by Crippen LogP contribution is 2.41. The van der Waals surface area contributed by atoms with Crippen LogP contribution in [0.25, 0.3) is 33.2 Å². The van der Waals surface area contributed by atoms with Crippen LogP contribution in [-0.4, -0.2) is 36.2 Å². The van der Waals surface area contributed by atoms with Crippen molar-refractivity contribution in [3.8, 4) is 22.8 Å². The average Bonchev–Trinajstić information content (AvgIpc) is 3.37. The molecule has 3 heterocycles. The molecule has 174 valence electrons. The highest BCUT2D eigenvalue weighted by atomic mass is 32.2. The molecule has 9 heteroatoms. The number of hydrogen-bond donors (Lipinski definition) is 1. The number of fused-ring (bicyclic) bond motifs is 2. The largest absolute Gasteiger partial charge is 0.493 e. The molecule has 0 amide bonds. The Morgan fingerprint density at radius 1 is 0.941 bits per heavy atom. The topological polar surface area (TPSA) is 101 Å². The summed E-state index contributed by atoms with van der Waals surface area (Å²) in [5, 5.41) is 1.37. The van der Waals surface area contributed by atoms with E-state index in [0.717, 1.165) is 16.5 Å². The van der Waals surface area contributed by atoms with E-state index >= 15 is 0 Å². The van der Waals surface area contributed by atoms with E-state index in [2.05, 4.69) is 4.98 Å². The Morgan fingerprint density at radius 3 is 2.29 bits per heavy atom. The summed E-state index contributed by atoms with van der Waals surface area (Å²) in [6.07, 6.45) is 3.40. The highest BCUT2D eigenvalue weighted by Gasteiger charge is 2.27. The van der Waals surface area contributed by atoms with Crippen LogP contribution in [-0.2, 0) is 17.1 Å². The zero-order valence-corrected chi connectivity index (χ0v) is 20.1. The molecule has 0 saturated heterocycles. The van der Waals surface area contributed by atoms with Gasteiger partial charge in [-0.2, -0.15) is 0 Å². The minimum absolute atomic E-state index is 0.167. The van der Waals surface area contributed by atoms with Gasteiger partial charge in [-0.3, -0.25) is 0 Å². The maximum atomic E-state index is 13.9. The lowest BCUT2D eigenvalue weighted by atomic mass is 10.1. The van der Waals surface area contributed by atoms with E-state index in [-0.39, 0.29) is 10.5 Å². The molecule has 3 aromatic heterocycles. The first kappa shape index (κ1) is 21.8. The van der Waals surface area contributed by atoms with Crippen LogP contribution in [0.4, 0.5) is 5.69 Å². The quantitative estimate of drug-likeness (QED) is 0.405. The summed E-state index contributed by atoms with van der Waals surface area (Å²) in [6.45, 7) is 1.91. The normalized spacial score (nSPS) is 11.9. The number of rotatable bonds is 5. The number of methoxy groups -OCH3 is 2. The molecule has 0 unspecified atom stereocenters. The Morgan fingerprint density at radius 2 is 1.62 bits per heavy atom. The number of anilines is 1. The van der Waals surface area contributed by atoms with Gasteiger partial charge in [-0.15, -0.1) is 0 Å². The minimum atomic E-state index is -3.99. The van der Waals surface area contributed by atoms with Crippen molar-refractivity contribution in [1.82, 2.24) is 13.5 Å². The summed E-state index contributed by atoms with van der Waals surface area (Å²) in [5.41, 5.74) is 9.93. The second-order valence-corrected chi connectivity index (χ2v) is 9.91. The van der Waals surface area contributed by atoms with Crippen LogP contribution in [0.3, 0.4) is 0 Å². The zero-order valence-electron chi connectivity index (χ0n) is 19.2. The summed E-state index contributed by atoms with van der Waals surface area (Å²) in [6, 6.07) is 13.9. The van der Waals surface area contributed by atoms with Crippen molar-refractivity contribution in [1.29, 1.82) is 0 Å². The third-order valence-corrected chi connectivity index (χ3v) is 7.74. The summed E-state index contributed by atoms with van der Waals surface area (Å²) in [7, 11) is 1.05. The molecule has 0 aliphatic heterocycles. The monoisotopic (exact) mass is 476 g/mol. The van der Waals surface area contributed by atoms with Crippen LogP contribution in [0.1, 0.15) is 5.56 Å². The lowest BCUT2D eigenvalue weighted by molar-refractivity contribution is 0.355. The number of nitrogens with zero attached hydrogens (tertiary/aromatic N) is 3. The number of pyridine rings is 1. The molecule has 0 aliphatic carbocycles. The third-order valence-electron chi connectivity index (χ3n) is 6.02. The molecule has 0 saturated carbocycles. The predicted octanol–water partition coefficient (Wildman–Crippen LogP) is 4.34. The number of benzene rings is 2. The van der Waals surface area contributed by atoms with E-state index in [4.69, 9.17) is 15.2 Å². The fraction of sp³-hybridized carbons (Fsp3) is 0.160. The zero-order chi connectivity index (χ0) is 24.2. The van der Waals surface area contributed by atoms with Gasteiger partial charge < -0.3 is 19.8 Å². The Hall–Kier alpha value is -3.98. The maximum Gasteiger partial charge on any atom is 0.269 e. The van der Waals surface area contributed by atoms with Crippen LogP contribution >= 0.6 is 0 Å². The Bertz CT molecular complexity index is 1670. The van der Waals surface area contributed by atoms with Crippen molar-refractivity contribution in [3.05, 3.63) is 66.5 Å². The number of aryl methyl sites for hydroxylation is 2. The molecule has 5 rings (SSSR count). The number of ether oxygens (including phenoxy) is 2. The van der Waals surface area contributed by atoms with Gasteiger partial charge in [0, 0.05) is 47.5 Å². The number of nitrogen functional groups attached to an aromatic ring is 1. The standard InChI is InChI=1S/C25H24N4O4S/c1-15-5-7-16(8-6-15)34(30,31)29-22(11-18-20(26)9-10-27-25(18)29)19-14-28(2)21-13-24(33-4)23(32-3)12-17(19)21/h5-14H,1-4H3,(H2,26,27). The lowest BCUT2D eigenvalue weighted by Gasteiger charge is -2.12. The molecule has 2 aromatic carbocycles. The Kier molecular flexibility index (Phi) is 5.02. The number of hydrogen-bond acceptors (Lipinski definition) is 6. The van der Waals surface area contributed by atoms with E-state index in [1.54, 1.807) is 50.6 Å². The van der Waals surface area contributed by atoms with Crippen molar-refractivity contribution >= 4 is 37.6 Å². The molecule has 0 aliphatic rings. The molecular weight excluding hydrogens is 452 g/mol. The van der Waals surface area contributed by atoms with Gasteiger partial charge in [0.05, 0.1) is 30.3 Å². The van der Waals surface area contributed by atoms with Gasteiger partial charge in [-0.25, -0.2) is 17.4 Å². The first-order valence-corrected chi connectivity index (χ1v) is 12.0. The van der Waals surface area contributed by atoms with Gasteiger partial charge in [0.25, 0.3) is 10.0 Å². The minimum Gasteiger partial charge on any atom is -0.493 e. The molecule has 0 bridgehead atoms. The van der Waals surface area contributed by atoms with Crippen LogP contribution in [0, 0.1) is 6.92 Å². The van der Waals surface area contributed by atoms with E-state index < -0.39 is 10.0 Å². The fourth-order valence-electron chi connectivity index (χ4n) is 4.25. The number of nitrogens with two attached hydrogens (primary N) is 1. The van der Waals surface area contributed by atoms with Gasteiger partial charge in [0.2, 0.25) is 0 Å². The van der Waals surface area contributed by atoms with E-state index in [1.165, 1.54) is 10.2 Å². The van der Waals surface area contributed by atoms with Gasteiger partial charge in [-0.1, -0.05) is 17.7 Å². The van der Waals surface area contributed by atoms with Gasteiger partial charge >= 0.3 is 0 Å². The molecule has 5 aromatic rings. The molecule has 8 nitrogen and oxygen atoms in total. The Labute approximate surface area is 197 Å². The van der Waals surface area contributed by atoms with Crippen LogP contribution in [0.15, 0.2) is 65.8 Å².